The summed E-state index contributed by atoms with van der Waals surface area (Å²) in [5.74, 6) is -0.181. The lowest BCUT2D eigenvalue weighted by Gasteiger charge is -2.25. The molecule has 1 amide bonds. The highest BCUT2D eigenvalue weighted by Crippen LogP contribution is 2.43. The maximum Gasteiger partial charge on any atom is 0.472 e. The maximum atomic E-state index is 13.0. The average molecular weight is 1040 g/mol. The van der Waals surface area contributed by atoms with E-state index in [4.69, 9.17) is 9.05 Å². The van der Waals surface area contributed by atoms with Crippen LogP contribution in [0.3, 0.4) is 0 Å². The predicted molar refractivity (Wildman–Crippen MR) is 318 cm³/mol. The summed E-state index contributed by atoms with van der Waals surface area (Å²) >= 11 is 0. The van der Waals surface area contributed by atoms with E-state index in [9.17, 15) is 19.4 Å². The second-order valence-corrected chi connectivity index (χ2v) is 22.8. The number of nitrogens with zero attached hydrogens (tertiary/aromatic N) is 1. The quantitative estimate of drug-likeness (QED) is 0.0243. The van der Waals surface area contributed by atoms with Gasteiger partial charge in [0.25, 0.3) is 0 Å². The molecule has 0 spiro atoms. The molecule has 0 heterocycles. The van der Waals surface area contributed by atoms with E-state index in [0.717, 1.165) is 83.5 Å². The number of likely N-dealkylation sites (N-methyl/N-ethyl adjacent to an activating group) is 1. The van der Waals surface area contributed by atoms with Gasteiger partial charge >= 0.3 is 7.82 Å². The molecule has 0 aliphatic carbocycles. The molecular formula is C64H116N2O6P+. The zero-order valence-corrected chi connectivity index (χ0v) is 49.0. The molecule has 0 fully saturated rings. The van der Waals surface area contributed by atoms with Gasteiger partial charge in [-0.15, -0.1) is 0 Å². The van der Waals surface area contributed by atoms with E-state index in [0.29, 0.717) is 17.4 Å². The van der Waals surface area contributed by atoms with Crippen molar-refractivity contribution in [3.8, 4) is 0 Å². The minimum absolute atomic E-state index is 0.0583. The Bertz CT molecular complexity index is 1510. The Morgan fingerprint density at radius 1 is 0.479 bits per heavy atom. The number of hydrogen-bond acceptors (Lipinski definition) is 5. The summed E-state index contributed by atoms with van der Waals surface area (Å²) < 4.78 is 23.7. The first-order chi connectivity index (χ1) is 35.5. The number of amides is 1. The van der Waals surface area contributed by atoms with Gasteiger partial charge in [0.05, 0.1) is 39.9 Å². The van der Waals surface area contributed by atoms with Crippen molar-refractivity contribution in [1.29, 1.82) is 0 Å². The van der Waals surface area contributed by atoms with Gasteiger partial charge < -0.3 is 19.8 Å². The van der Waals surface area contributed by atoms with Gasteiger partial charge in [0.1, 0.15) is 13.2 Å². The van der Waals surface area contributed by atoms with Crippen LogP contribution in [0.15, 0.2) is 97.2 Å². The number of nitrogens with one attached hydrogen (secondary N) is 1. The molecule has 0 aromatic carbocycles. The van der Waals surface area contributed by atoms with Crippen molar-refractivity contribution in [2.75, 3.05) is 40.9 Å². The van der Waals surface area contributed by atoms with Gasteiger partial charge in [-0.1, -0.05) is 265 Å². The molecule has 8 nitrogen and oxygen atoms in total. The number of phosphoric ester groups is 1. The van der Waals surface area contributed by atoms with Crippen molar-refractivity contribution in [2.45, 2.75) is 264 Å². The molecule has 3 unspecified atom stereocenters. The first kappa shape index (κ1) is 70.4. The van der Waals surface area contributed by atoms with Crippen LogP contribution in [-0.4, -0.2) is 73.4 Å². The van der Waals surface area contributed by atoms with Crippen LogP contribution in [0.4, 0.5) is 0 Å². The minimum Gasteiger partial charge on any atom is -0.387 e. The molecule has 0 aliphatic rings. The fourth-order valence-corrected chi connectivity index (χ4v) is 9.11. The van der Waals surface area contributed by atoms with Crippen molar-refractivity contribution in [1.82, 2.24) is 5.32 Å². The van der Waals surface area contributed by atoms with E-state index in [2.05, 4.69) is 104 Å². The summed E-state index contributed by atoms with van der Waals surface area (Å²) in [5.41, 5.74) is 0. The van der Waals surface area contributed by atoms with Gasteiger partial charge in [-0.25, -0.2) is 4.57 Å². The molecule has 0 radical (unpaired) electrons. The number of carbonyl (C=O) groups is 1. The Morgan fingerprint density at radius 2 is 0.822 bits per heavy atom. The van der Waals surface area contributed by atoms with E-state index in [1.165, 1.54) is 148 Å². The van der Waals surface area contributed by atoms with Crippen LogP contribution < -0.4 is 5.32 Å². The summed E-state index contributed by atoms with van der Waals surface area (Å²) in [6.45, 7) is 4.71. The van der Waals surface area contributed by atoms with Crippen LogP contribution >= 0.6 is 7.82 Å². The molecule has 73 heavy (non-hydrogen) atoms. The largest absolute Gasteiger partial charge is 0.472 e. The number of allylic oxidation sites excluding steroid dienone is 15. The first-order valence-corrected chi connectivity index (χ1v) is 31.6. The van der Waals surface area contributed by atoms with Crippen LogP contribution in [0.25, 0.3) is 0 Å². The SMILES string of the molecule is CC/C=C\C/C=C\C/C=C\C/C=C\C/C=C\C/C=C\C/C=C\CCCCCCCCCCCCCCCC(=O)NC(COP(=O)(O)OCC[N+](C)(C)C)C(O)/C=C/CCCCCCCCCCCCCCCC. The lowest BCUT2D eigenvalue weighted by molar-refractivity contribution is -0.870. The summed E-state index contributed by atoms with van der Waals surface area (Å²) in [4.78, 5) is 23.3. The van der Waals surface area contributed by atoms with Gasteiger partial charge in [0, 0.05) is 6.42 Å². The number of carbonyl (C=O) groups excluding carboxylic acids is 1. The Morgan fingerprint density at radius 3 is 1.21 bits per heavy atom. The molecule has 9 heteroatoms. The maximum absolute atomic E-state index is 13.0. The van der Waals surface area contributed by atoms with Crippen LogP contribution in [0.5, 0.6) is 0 Å². The number of rotatable bonds is 54. The zero-order valence-electron chi connectivity index (χ0n) is 48.1. The summed E-state index contributed by atoms with van der Waals surface area (Å²) in [6, 6.07) is -0.852. The molecule has 0 aromatic heterocycles. The molecule has 0 saturated heterocycles. The van der Waals surface area contributed by atoms with Gasteiger partial charge in [0.15, 0.2) is 0 Å². The van der Waals surface area contributed by atoms with E-state index in [-0.39, 0.29) is 19.1 Å². The van der Waals surface area contributed by atoms with E-state index in [1.54, 1.807) is 6.08 Å². The lowest BCUT2D eigenvalue weighted by Crippen LogP contribution is -2.45. The number of hydrogen-bond donors (Lipinski definition) is 3. The molecular weight excluding hydrogens is 924 g/mol. The van der Waals surface area contributed by atoms with Crippen molar-refractivity contribution in [3.05, 3.63) is 97.2 Å². The Labute approximate surface area is 451 Å². The molecule has 0 bridgehead atoms. The molecule has 0 aliphatic heterocycles. The average Bonchev–Trinajstić information content (AvgIpc) is 3.35. The van der Waals surface area contributed by atoms with Crippen LogP contribution in [-0.2, 0) is 18.4 Å². The highest BCUT2D eigenvalue weighted by atomic mass is 31.2. The summed E-state index contributed by atoms with van der Waals surface area (Å²) in [6.07, 6.45) is 78.0. The van der Waals surface area contributed by atoms with Crippen molar-refractivity contribution < 1.29 is 32.9 Å². The Balaban J connectivity index is 4.11. The number of unbranched alkanes of at least 4 members (excludes halogenated alkanes) is 27. The number of quaternary nitrogens is 1. The molecule has 0 aromatic rings. The van der Waals surface area contributed by atoms with Crippen LogP contribution in [0, 0.1) is 0 Å². The number of aliphatic hydroxyl groups excluding tert-OH is 1. The Hall–Kier alpha value is -2.58. The van der Waals surface area contributed by atoms with Crippen molar-refractivity contribution in [2.24, 2.45) is 0 Å². The summed E-state index contributed by atoms with van der Waals surface area (Å²) in [5, 5.41) is 13.9. The standard InChI is InChI=1S/C64H115N2O6P/c1-6-8-10-12-14-16-18-20-22-24-25-26-27-28-29-30-31-32-33-34-35-36-37-38-39-40-41-42-44-46-48-50-52-54-56-58-64(68)65-62(61-72-73(69,70)71-60-59-66(3,4)5)63(67)57-55-53-51-49-47-45-43-23-21-19-17-15-13-11-9-7-2/h8,10,14,16,20,22,25-26,28-29,31-32,34-35,55,57,62-63,67H,6-7,9,11-13,15,17-19,21,23-24,27,30,33,36-54,56,58-61H2,1-5H3,(H-,65,68,69,70)/p+1/b10-8-,16-14-,22-20-,26-25-,29-28-,32-31-,35-34-,57-55+. The fraction of sp³-hybridized carbons (Fsp3) is 0.734. The minimum atomic E-state index is -4.35. The van der Waals surface area contributed by atoms with E-state index >= 15 is 0 Å². The topological polar surface area (TPSA) is 105 Å². The van der Waals surface area contributed by atoms with Gasteiger partial charge in [-0.3, -0.25) is 13.8 Å². The Kier molecular flexibility index (Phi) is 52.3. The molecule has 0 saturated carbocycles. The lowest BCUT2D eigenvalue weighted by atomic mass is 10.0. The first-order valence-electron chi connectivity index (χ1n) is 30.1. The van der Waals surface area contributed by atoms with Gasteiger partial charge in [-0.05, 0) is 77.0 Å². The molecule has 3 N–H and O–H groups in total. The smallest absolute Gasteiger partial charge is 0.387 e. The third-order valence-electron chi connectivity index (χ3n) is 13.1. The van der Waals surface area contributed by atoms with E-state index < -0.39 is 20.0 Å². The normalized spacial score (nSPS) is 14.6. The van der Waals surface area contributed by atoms with Gasteiger partial charge in [0.2, 0.25) is 5.91 Å². The molecule has 0 rings (SSSR count). The molecule has 422 valence electrons. The van der Waals surface area contributed by atoms with Crippen LogP contribution in [0.1, 0.15) is 251 Å². The number of aliphatic hydroxyl groups is 1. The summed E-state index contributed by atoms with van der Waals surface area (Å²) in [7, 11) is 1.57. The zero-order chi connectivity index (χ0) is 53.5. The monoisotopic (exact) mass is 1040 g/mol. The van der Waals surface area contributed by atoms with Crippen molar-refractivity contribution in [3.63, 3.8) is 0 Å². The number of phosphoric acid groups is 1. The van der Waals surface area contributed by atoms with E-state index in [1.807, 2.05) is 27.2 Å². The second-order valence-electron chi connectivity index (χ2n) is 21.3. The molecule has 3 atom stereocenters. The third kappa shape index (κ3) is 57.0. The highest BCUT2D eigenvalue weighted by molar-refractivity contribution is 7.47. The predicted octanol–water partition coefficient (Wildman–Crippen LogP) is 18.6. The third-order valence-corrected chi connectivity index (χ3v) is 14.0. The second kappa shape index (κ2) is 54.2. The van der Waals surface area contributed by atoms with Crippen molar-refractivity contribution >= 4 is 13.7 Å². The highest BCUT2D eigenvalue weighted by Gasteiger charge is 2.27. The van der Waals surface area contributed by atoms with Crippen LogP contribution in [0.2, 0.25) is 0 Å². The van der Waals surface area contributed by atoms with Gasteiger partial charge in [-0.2, -0.15) is 0 Å². The fourth-order valence-electron chi connectivity index (χ4n) is 8.38.